The Morgan fingerprint density at radius 2 is 2.05 bits per heavy atom. The Hall–Kier alpha value is -1.39. The van der Waals surface area contributed by atoms with Crippen molar-refractivity contribution in [2.45, 2.75) is 13.0 Å². The van der Waals surface area contributed by atoms with Crippen LogP contribution in [-0.2, 0) is 0 Å². The number of rotatable bonds is 6. The van der Waals surface area contributed by atoms with E-state index in [0.717, 1.165) is 16.8 Å². The van der Waals surface area contributed by atoms with Crippen molar-refractivity contribution >= 4 is 15.9 Å². The van der Waals surface area contributed by atoms with E-state index in [-0.39, 0.29) is 0 Å². The zero-order valence-electron chi connectivity index (χ0n) is 10.8. The van der Waals surface area contributed by atoms with Gasteiger partial charge in [-0.15, -0.1) is 0 Å². The van der Waals surface area contributed by atoms with E-state index in [1.807, 2.05) is 48.8 Å². The summed E-state index contributed by atoms with van der Waals surface area (Å²) in [7, 11) is 0. The van der Waals surface area contributed by atoms with E-state index in [4.69, 9.17) is 4.74 Å². The van der Waals surface area contributed by atoms with Crippen LogP contribution in [0, 0.1) is 0 Å². The molecule has 0 aliphatic carbocycles. The fourth-order valence-corrected chi connectivity index (χ4v) is 2.15. The molecule has 2 aromatic rings. The second kappa shape index (κ2) is 7.26. The first-order valence-corrected chi connectivity index (χ1v) is 7.06. The number of hydrogen-bond acceptors (Lipinski definition) is 3. The van der Waals surface area contributed by atoms with Gasteiger partial charge in [0.1, 0.15) is 12.4 Å². The second-order valence-corrected chi connectivity index (χ2v) is 5.18. The van der Waals surface area contributed by atoms with Crippen molar-refractivity contribution in [1.82, 2.24) is 10.3 Å². The Bertz CT molecular complexity index is 505. The van der Waals surface area contributed by atoms with Crippen LogP contribution in [0.3, 0.4) is 0 Å². The molecule has 0 amide bonds. The Morgan fingerprint density at radius 1 is 1.26 bits per heavy atom. The van der Waals surface area contributed by atoms with Gasteiger partial charge < -0.3 is 10.1 Å². The smallest absolute Gasteiger partial charge is 0.120 e. The summed E-state index contributed by atoms with van der Waals surface area (Å²) in [6.45, 7) is 3.58. The third-order valence-corrected chi connectivity index (χ3v) is 3.32. The van der Waals surface area contributed by atoms with Gasteiger partial charge in [-0.1, -0.05) is 22.0 Å². The number of pyridine rings is 1. The molecule has 100 valence electrons. The van der Waals surface area contributed by atoms with Crippen LogP contribution in [0.15, 0.2) is 53.3 Å². The lowest BCUT2D eigenvalue weighted by molar-refractivity contribution is 0.307. The molecule has 1 heterocycles. The topological polar surface area (TPSA) is 34.1 Å². The number of benzene rings is 1. The minimum absolute atomic E-state index is 0.300. The summed E-state index contributed by atoms with van der Waals surface area (Å²) in [5.41, 5.74) is 1.23. The standard InChI is InChI=1S/C15H17BrN2O/c1-12(13-5-7-17-8-6-13)18-9-10-19-15-4-2-3-14(16)11-15/h2-8,11-12,18H,9-10H2,1H3. The molecule has 19 heavy (non-hydrogen) atoms. The van der Waals surface area contributed by atoms with E-state index in [1.165, 1.54) is 5.56 Å². The highest BCUT2D eigenvalue weighted by Gasteiger charge is 2.03. The third-order valence-electron chi connectivity index (χ3n) is 2.82. The molecule has 0 aliphatic heterocycles. The molecule has 1 N–H and O–H groups in total. The first-order chi connectivity index (χ1) is 9.25. The minimum Gasteiger partial charge on any atom is -0.492 e. The Balaban J connectivity index is 1.72. The molecular weight excluding hydrogens is 304 g/mol. The van der Waals surface area contributed by atoms with Crippen molar-refractivity contribution in [2.24, 2.45) is 0 Å². The van der Waals surface area contributed by atoms with Crippen LogP contribution < -0.4 is 10.1 Å². The molecule has 3 nitrogen and oxygen atoms in total. The minimum atomic E-state index is 0.300. The van der Waals surface area contributed by atoms with Gasteiger partial charge in [-0.3, -0.25) is 4.98 Å². The summed E-state index contributed by atoms with van der Waals surface area (Å²) in [6, 6.07) is 12.2. The summed E-state index contributed by atoms with van der Waals surface area (Å²) in [5, 5.41) is 3.42. The molecule has 0 radical (unpaired) electrons. The number of ether oxygens (including phenoxy) is 1. The summed E-state index contributed by atoms with van der Waals surface area (Å²) >= 11 is 3.42. The average Bonchev–Trinajstić information content (AvgIpc) is 2.44. The second-order valence-electron chi connectivity index (χ2n) is 4.26. The van der Waals surface area contributed by atoms with Crippen molar-refractivity contribution in [3.63, 3.8) is 0 Å². The first-order valence-electron chi connectivity index (χ1n) is 6.27. The summed E-state index contributed by atoms with van der Waals surface area (Å²) in [4.78, 5) is 4.02. The number of nitrogens with one attached hydrogen (secondary N) is 1. The highest BCUT2D eigenvalue weighted by atomic mass is 79.9. The van der Waals surface area contributed by atoms with Crippen molar-refractivity contribution in [1.29, 1.82) is 0 Å². The van der Waals surface area contributed by atoms with Crippen LogP contribution in [0.5, 0.6) is 5.75 Å². The van der Waals surface area contributed by atoms with Crippen LogP contribution in [0.25, 0.3) is 0 Å². The zero-order chi connectivity index (χ0) is 13.5. The molecule has 0 spiro atoms. The molecule has 2 rings (SSSR count). The van der Waals surface area contributed by atoms with E-state index in [2.05, 4.69) is 33.2 Å². The lowest BCUT2D eigenvalue weighted by Crippen LogP contribution is -2.24. The summed E-state index contributed by atoms with van der Waals surface area (Å²) < 4.78 is 6.70. The van der Waals surface area contributed by atoms with Gasteiger partial charge in [0, 0.05) is 29.5 Å². The summed E-state index contributed by atoms with van der Waals surface area (Å²) in [5.74, 6) is 0.882. The van der Waals surface area contributed by atoms with E-state index in [9.17, 15) is 0 Å². The Morgan fingerprint density at radius 3 is 2.79 bits per heavy atom. The molecule has 1 aromatic heterocycles. The summed E-state index contributed by atoms with van der Waals surface area (Å²) in [6.07, 6.45) is 3.62. The molecule has 0 aliphatic rings. The fraction of sp³-hybridized carbons (Fsp3) is 0.267. The monoisotopic (exact) mass is 320 g/mol. The third kappa shape index (κ3) is 4.65. The normalized spacial score (nSPS) is 12.1. The number of hydrogen-bond donors (Lipinski definition) is 1. The highest BCUT2D eigenvalue weighted by Crippen LogP contribution is 2.17. The van der Waals surface area contributed by atoms with Crippen molar-refractivity contribution in [2.75, 3.05) is 13.2 Å². The van der Waals surface area contributed by atoms with Crippen LogP contribution in [0.2, 0.25) is 0 Å². The first kappa shape index (κ1) is 14.0. The SMILES string of the molecule is CC(NCCOc1cccc(Br)c1)c1ccncc1. The maximum Gasteiger partial charge on any atom is 0.120 e. The van der Waals surface area contributed by atoms with Crippen LogP contribution in [0.4, 0.5) is 0 Å². The lowest BCUT2D eigenvalue weighted by Gasteiger charge is -2.14. The molecule has 0 bridgehead atoms. The fourth-order valence-electron chi connectivity index (χ4n) is 1.77. The largest absolute Gasteiger partial charge is 0.492 e. The van der Waals surface area contributed by atoms with Crippen LogP contribution in [-0.4, -0.2) is 18.1 Å². The van der Waals surface area contributed by atoms with Gasteiger partial charge >= 0.3 is 0 Å². The van der Waals surface area contributed by atoms with Gasteiger partial charge in [0.25, 0.3) is 0 Å². The van der Waals surface area contributed by atoms with E-state index >= 15 is 0 Å². The Labute approximate surface area is 122 Å². The molecular formula is C15H17BrN2O. The molecule has 1 unspecified atom stereocenters. The van der Waals surface area contributed by atoms with E-state index < -0.39 is 0 Å². The van der Waals surface area contributed by atoms with Gasteiger partial charge in [0.2, 0.25) is 0 Å². The maximum atomic E-state index is 5.67. The van der Waals surface area contributed by atoms with Gasteiger partial charge in [0.15, 0.2) is 0 Å². The van der Waals surface area contributed by atoms with Crippen molar-refractivity contribution < 1.29 is 4.74 Å². The number of halogens is 1. The van der Waals surface area contributed by atoms with Crippen molar-refractivity contribution in [3.8, 4) is 5.75 Å². The Kier molecular flexibility index (Phi) is 5.36. The average molecular weight is 321 g/mol. The molecule has 0 saturated carbocycles. The molecule has 0 fully saturated rings. The molecule has 4 heteroatoms. The van der Waals surface area contributed by atoms with Gasteiger partial charge in [-0.05, 0) is 42.8 Å². The van der Waals surface area contributed by atoms with Crippen LogP contribution in [0.1, 0.15) is 18.5 Å². The quantitative estimate of drug-likeness (QED) is 0.826. The maximum absolute atomic E-state index is 5.67. The predicted molar refractivity (Wildman–Crippen MR) is 80.3 cm³/mol. The van der Waals surface area contributed by atoms with Crippen molar-refractivity contribution in [3.05, 3.63) is 58.8 Å². The predicted octanol–water partition coefficient (Wildman–Crippen LogP) is 3.57. The van der Waals surface area contributed by atoms with E-state index in [0.29, 0.717) is 12.6 Å². The molecule has 1 atom stereocenters. The van der Waals surface area contributed by atoms with E-state index in [1.54, 1.807) is 0 Å². The van der Waals surface area contributed by atoms with Gasteiger partial charge in [-0.2, -0.15) is 0 Å². The molecule has 0 saturated heterocycles. The number of aromatic nitrogens is 1. The number of nitrogens with zero attached hydrogens (tertiary/aromatic N) is 1. The molecule has 1 aromatic carbocycles. The zero-order valence-corrected chi connectivity index (χ0v) is 12.4. The highest BCUT2D eigenvalue weighted by molar-refractivity contribution is 9.10. The lowest BCUT2D eigenvalue weighted by atomic mass is 10.1. The van der Waals surface area contributed by atoms with Gasteiger partial charge in [0.05, 0.1) is 0 Å². The van der Waals surface area contributed by atoms with Crippen LogP contribution >= 0.6 is 15.9 Å². The van der Waals surface area contributed by atoms with Gasteiger partial charge in [-0.25, -0.2) is 0 Å².